The highest BCUT2D eigenvalue weighted by atomic mass is 35.5. The minimum absolute atomic E-state index is 0.345. The minimum Gasteiger partial charge on any atom is -0.497 e. The van der Waals surface area contributed by atoms with Crippen molar-refractivity contribution in [2.75, 3.05) is 7.11 Å². The summed E-state index contributed by atoms with van der Waals surface area (Å²) in [4.78, 5) is 4.16. The van der Waals surface area contributed by atoms with Crippen molar-refractivity contribution in [1.29, 1.82) is 0 Å². The number of fused-ring (bicyclic) bond motifs is 1. The number of aromatic nitrogens is 3. The second-order valence-electron chi connectivity index (χ2n) is 4.34. The first-order valence-corrected chi connectivity index (χ1v) is 6.73. The molecule has 0 atom stereocenters. The molecule has 0 radical (unpaired) electrons. The minimum atomic E-state index is 0.345. The van der Waals surface area contributed by atoms with E-state index in [0.717, 1.165) is 16.7 Å². The van der Waals surface area contributed by atoms with Crippen molar-refractivity contribution in [3.63, 3.8) is 0 Å². The number of benzene rings is 1. The molecule has 0 bridgehead atoms. The van der Waals surface area contributed by atoms with Crippen molar-refractivity contribution in [3.05, 3.63) is 52.3 Å². The van der Waals surface area contributed by atoms with Crippen LogP contribution < -0.4 is 4.74 Å². The van der Waals surface area contributed by atoms with Gasteiger partial charge in [-0.1, -0.05) is 35.3 Å². The van der Waals surface area contributed by atoms with Crippen LogP contribution in [0.15, 0.2) is 36.5 Å². The quantitative estimate of drug-likeness (QED) is 0.691. The van der Waals surface area contributed by atoms with E-state index in [-0.39, 0.29) is 0 Å². The standard InChI is InChI=1S/C14H11Cl2N3O/c1-20-10-4-2-9(3-5-10)7-19-8-11-12(15)6-13(16)17-14(11)18-19/h2-6,8H,7H2,1H3. The smallest absolute Gasteiger partial charge is 0.184 e. The predicted molar refractivity (Wildman–Crippen MR) is 79.6 cm³/mol. The Kier molecular flexibility index (Phi) is 3.51. The molecule has 2 aromatic heterocycles. The van der Waals surface area contributed by atoms with Crippen molar-refractivity contribution < 1.29 is 4.74 Å². The fourth-order valence-electron chi connectivity index (χ4n) is 1.98. The molecule has 0 aliphatic heterocycles. The third-order valence-electron chi connectivity index (χ3n) is 2.96. The number of ether oxygens (including phenoxy) is 1. The molecule has 0 N–H and O–H groups in total. The summed E-state index contributed by atoms with van der Waals surface area (Å²) in [5.41, 5.74) is 1.66. The first-order valence-electron chi connectivity index (χ1n) is 5.98. The van der Waals surface area contributed by atoms with Gasteiger partial charge in [-0.2, -0.15) is 5.10 Å². The molecule has 0 amide bonds. The van der Waals surface area contributed by atoms with E-state index >= 15 is 0 Å². The number of hydrogen-bond donors (Lipinski definition) is 0. The van der Waals surface area contributed by atoms with E-state index in [2.05, 4.69) is 10.1 Å². The van der Waals surface area contributed by atoms with Crippen molar-refractivity contribution in [2.24, 2.45) is 0 Å². The largest absolute Gasteiger partial charge is 0.497 e. The molecule has 3 rings (SSSR count). The summed E-state index contributed by atoms with van der Waals surface area (Å²) in [5, 5.41) is 6.07. The molecule has 0 fully saturated rings. The van der Waals surface area contributed by atoms with Gasteiger partial charge in [-0.25, -0.2) is 4.98 Å². The van der Waals surface area contributed by atoms with Gasteiger partial charge in [-0.3, -0.25) is 4.68 Å². The molecule has 4 nitrogen and oxygen atoms in total. The molecule has 1 aromatic carbocycles. The average molecular weight is 308 g/mol. The highest BCUT2D eigenvalue weighted by Gasteiger charge is 2.08. The van der Waals surface area contributed by atoms with Gasteiger partial charge in [0.15, 0.2) is 5.65 Å². The van der Waals surface area contributed by atoms with Crippen molar-refractivity contribution in [2.45, 2.75) is 6.54 Å². The zero-order chi connectivity index (χ0) is 14.1. The maximum absolute atomic E-state index is 6.12. The summed E-state index contributed by atoms with van der Waals surface area (Å²) in [6.45, 7) is 0.633. The molecule has 102 valence electrons. The number of pyridine rings is 1. The normalized spacial score (nSPS) is 10.9. The van der Waals surface area contributed by atoms with E-state index in [1.165, 1.54) is 0 Å². The fourth-order valence-corrected chi connectivity index (χ4v) is 2.46. The molecular formula is C14H11Cl2N3O. The molecule has 0 spiro atoms. The summed E-state index contributed by atoms with van der Waals surface area (Å²) in [5.74, 6) is 0.830. The Morgan fingerprint density at radius 3 is 2.65 bits per heavy atom. The van der Waals surface area contributed by atoms with Crippen LogP contribution in [-0.2, 0) is 6.54 Å². The Hall–Kier alpha value is -1.78. The first kappa shape index (κ1) is 13.2. The van der Waals surface area contributed by atoms with Crippen LogP contribution in [0.25, 0.3) is 11.0 Å². The Bertz CT molecular complexity index is 753. The van der Waals surface area contributed by atoms with Crippen LogP contribution in [0.4, 0.5) is 0 Å². The lowest BCUT2D eigenvalue weighted by molar-refractivity contribution is 0.414. The third kappa shape index (κ3) is 2.57. The predicted octanol–water partition coefficient (Wildman–Crippen LogP) is 3.80. The number of rotatable bonds is 3. The van der Waals surface area contributed by atoms with Crippen molar-refractivity contribution >= 4 is 34.2 Å². The molecule has 0 aliphatic carbocycles. The SMILES string of the molecule is COc1ccc(Cn2cc3c(Cl)cc(Cl)nc3n2)cc1. The Balaban J connectivity index is 1.92. The van der Waals surface area contributed by atoms with Gasteiger partial charge in [0.25, 0.3) is 0 Å². The van der Waals surface area contributed by atoms with E-state index in [9.17, 15) is 0 Å². The monoisotopic (exact) mass is 307 g/mol. The van der Waals surface area contributed by atoms with Crippen LogP contribution in [-0.4, -0.2) is 21.9 Å². The van der Waals surface area contributed by atoms with Crippen molar-refractivity contribution in [1.82, 2.24) is 14.8 Å². The third-order valence-corrected chi connectivity index (χ3v) is 3.47. The highest BCUT2D eigenvalue weighted by Crippen LogP contribution is 2.24. The molecular weight excluding hydrogens is 297 g/mol. The molecule has 2 heterocycles. The number of hydrogen-bond acceptors (Lipinski definition) is 3. The zero-order valence-corrected chi connectivity index (χ0v) is 12.2. The summed E-state index contributed by atoms with van der Waals surface area (Å²) < 4.78 is 6.93. The van der Waals surface area contributed by atoms with Gasteiger partial charge in [-0.15, -0.1) is 0 Å². The van der Waals surface area contributed by atoms with E-state index in [4.69, 9.17) is 27.9 Å². The van der Waals surface area contributed by atoms with E-state index in [0.29, 0.717) is 22.4 Å². The fraction of sp³-hybridized carbons (Fsp3) is 0.143. The van der Waals surface area contributed by atoms with E-state index < -0.39 is 0 Å². The lowest BCUT2D eigenvalue weighted by Crippen LogP contribution is -1.99. The number of methoxy groups -OCH3 is 1. The Labute approximate surface area is 125 Å². The number of nitrogens with zero attached hydrogens (tertiary/aromatic N) is 3. The summed E-state index contributed by atoms with van der Waals surface area (Å²) in [6, 6.07) is 9.44. The van der Waals surface area contributed by atoms with Crippen LogP contribution in [0, 0.1) is 0 Å². The Morgan fingerprint density at radius 1 is 1.20 bits per heavy atom. The van der Waals surface area contributed by atoms with Gasteiger partial charge in [0.1, 0.15) is 10.9 Å². The maximum Gasteiger partial charge on any atom is 0.184 e. The van der Waals surface area contributed by atoms with Crippen LogP contribution in [0.5, 0.6) is 5.75 Å². The molecule has 0 saturated heterocycles. The molecule has 20 heavy (non-hydrogen) atoms. The lowest BCUT2D eigenvalue weighted by Gasteiger charge is -2.03. The second kappa shape index (κ2) is 5.31. The molecule has 0 unspecified atom stereocenters. The molecule has 3 aromatic rings. The zero-order valence-electron chi connectivity index (χ0n) is 10.7. The van der Waals surface area contributed by atoms with Crippen LogP contribution in [0.2, 0.25) is 10.2 Å². The van der Waals surface area contributed by atoms with Gasteiger partial charge in [-0.05, 0) is 23.8 Å². The first-order chi connectivity index (χ1) is 9.65. The molecule has 0 aliphatic rings. The van der Waals surface area contributed by atoms with Gasteiger partial charge in [0.05, 0.1) is 24.1 Å². The van der Waals surface area contributed by atoms with Crippen molar-refractivity contribution in [3.8, 4) is 5.75 Å². The van der Waals surface area contributed by atoms with Crippen LogP contribution in [0.3, 0.4) is 0 Å². The lowest BCUT2D eigenvalue weighted by atomic mass is 10.2. The topological polar surface area (TPSA) is 39.9 Å². The van der Waals surface area contributed by atoms with E-state index in [1.807, 2.05) is 30.5 Å². The van der Waals surface area contributed by atoms with Gasteiger partial charge < -0.3 is 4.74 Å². The van der Waals surface area contributed by atoms with Gasteiger partial charge in [0.2, 0.25) is 0 Å². The highest BCUT2D eigenvalue weighted by molar-refractivity contribution is 6.37. The summed E-state index contributed by atoms with van der Waals surface area (Å²) in [7, 11) is 1.65. The van der Waals surface area contributed by atoms with Crippen LogP contribution in [0.1, 0.15) is 5.56 Å². The second-order valence-corrected chi connectivity index (χ2v) is 5.13. The van der Waals surface area contributed by atoms with Gasteiger partial charge >= 0.3 is 0 Å². The Morgan fingerprint density at radius 2 is 1.95 bits per heavy atom. The molecule has 6 heteroatoms. The average Bonchev–Trinajstić information content (AvgIpc) is 2.82. The number of halogens is 2. The van der Waals surface area contributed by atoms with Crippen LogP contribution >= 0.6 is 23.2 Å². The molecule has 0 saturated carbocycles. The summed E-state index contributed by atoms with van der Waals surface area (Å²) in [6.07, 6.45) is 1.87. The van der Waals surface area contributed by atoms with Gasteiger partial charge in [0, 0.05) is 6.20 Å². The van der Waals surface area contributed by atoms with E-state index in [1.54, 1.807) is 17.9 Å². The summed E-state index contributed by atoms with van der Waals surface area (Å²) >= 11 is 12.0. The maximum atomic E-state index is 6.12.